The van der Waals surface area contributed by atoms with Crippen molar-refractivity contribution >= 4 is 22.5 Å². The molecule has 8 heteroatoms. The van der Waals surface area contributed by atoms with Gasteiger partial charge in [0.15, 0.2) is 17.4 Å². The topological polar surface area (TPSA) is 70.2 Å². The highest BCUT2D eigenvalue weighted by Crippen LogP contribution is 2.30. The fourth-order valence-electron chi connectivity index (χ4n) is 3.17. The van der Waals surface area contributed by atoms with Gasteiger partial charge < -0.3 is 14.5 Å². The molecular formula is C17H19FN6O. The summed E-state index contributed by atoms with van der Waals surface area (Å²) < 4.78 is 19.0. The van der Waals surface area contributed by atoms with Gasteiger partial charge in [0, 0.05) is 49.4 Å². The number of anilines is 2. The van der Waals surface area contributed by atoms with E-state index in [2.05, 4.69) is 30.0 Å². The molecule has 1 aliphatic rings. The van der Waals surface area contributed by atoms with Crippen LogP contribution in [0.3, 0.4) is 0 Å². The predicted octanol–water partition coefficient (Wildman–Crippen LogP) is 2.14. The predicted molar refractivity (Wildman–Crippen MR) is 93.8 cm³/mol. The van der Waals surface area contributed by atoms with E-state index in [1.807, 2.05) is 13.0 Å². The maximum atomic E-state index is 13.9. The van der Waals surface area contributed by atoms with Crippen LogP contribution in [-0.4, -0.2) is 53.5 Å². The zero-order valence-electron chi connectivity index (χ0n) is 14.2. The molecule has 0 bridgehead atoms. The zero-order valence-corrected chi connectivity index (χ0v) is 14.2. The van der Waals surface area contributed by atoms with Crippen molar-refractivity contribution in [1.82, 2.24) is 20.2 Å². The Morgan fingerprint density at radius 1 is 1.08 bits per heavy atom. The molecule has 1 aliphatic heterocycles. The minimum Gasteiger partial charge on any atom is -0.494 e. The first kappa shape index (κ1) is 15.6. The van der Waals surface area contributed by atoms with E-state index in [1.54, 1.807) is 6.07 Å². The van der Waals surface area contributed by atoms with E-state index in [-0.39, 0.29) is 5.75 Å². The number of benzene rings is 1. The minimum atomic E-state index is -0.418. The summed E-state index contributed by atoms with van der Waals surface area (Å²) in [5.41, 5.74) is 1.63. The van der Waals surface area contributed by atoms with E-state index in [4.69, 9.17) is 4.74 Å². The fourth-order valence-corrected chi connectivity index (χ4v) is 3.17. The average Bonchev–Trinajstić information content (AvgIpc) is 3.07. The average molecular weight is 342 g/mol. The maximum Gasteiger partial charge on any atom is 0.167 e. The lowest BCUT2D eigenvalue weighted by Gasteiger charge is -2.35. The quantitative estimate of drug-likeness (QED) is 0.786. The molecule has 0 aliphatic carbocycles. The second kappa shape index (κ2) is 6.19. The molecule has 130 valence electrons. The van der Waals surface area contributed by atoms with Crippen LogP contribution in [0.25, 0.3) is 10.9 Å². The Morgan fingerprint density at radius 3 is 2.52 bits per heavy atom. The first-order valence-electron chi connectivity index (χ1n) is 8.16. The summed E-state index contributed by atoms with van der Waals surface area (Å²) in [6, 6.07) is 5.11. The van der Waals surface area contributed by atoms with E-state index < -0.39 is 5.82 Å². The second-order valence-electron chi connectivity index (χ2n) is 6.08. The van der Waals surface area contributed by atoms with Crippen molar-refractivity contribution in [3.8, 4) is 5.75 Å². The molecule has 1 N–H and O–H groups in total. The minimum absolute atomic E-state index is 0.203. The molecule has 0 unspecified atom stereocenters. The van der Waals surface area contributed by atoms with Crippen molar-refractivity contribution in [1.29, 1.82) is 0 Å². The Hall–Kier alpha value is -2.90. The number of piperazine rings is 1. The number of aromatic amines is 1. The van der Waals surface area contributed by atoms with Crippen LogP contribution in [0, 0.1) is 12.7 Å². The number of methoxy groups -OCH3 is 1. The smallest absolute Gasteiger partial charge is 0.167 e. The standard InChI is InChI=1S/C17H19FN6O/c1-11-7-16(22-21-11)23-3-5-24(6-4-23)17-12-8-15(25-2)13(18)9-14(12)19-10-20-17/h7-10H,3-6H2,1-2H3,(H,21,22). The highest BCUT2D eigenvalue weighted by atomic mass is 19.1. The first-order chi connectivity index (χ1) is 12.2. The van der Waals surface area contributed by atoms with Crippen LogP contribution in [0.1, 0.15) is 5.69 Å². The van der Waals surface area contributed by atoms with Gasteiger partial charge in [0.25, 0.3) is 0 Å². The van der Waals surface area contributed by atoms with Crippen LogP contribution >= 0.6 is 0 Å². The summed E-state index contributed by atoms with van der Waals surface area (Å²) in [6.07, 6.45) is 1.48. The SMILES string of the molecule is COc1cc2c(N3CCN(c4cc(C)[nH]n4)CC3)ncnc2cc1F. The van der Waals surface area contributed by atoms with Gasteiger partial charge in [-0.15, -0.1) is 0 Å². The largest absolute Gasteiger partial charge is 0.494 e. The molecule has 7 nitrogen and oxygen atoms in total. The third-order valence-electron chi connectivity index (χ3n) is 4.48. The number of fused-ring (bicyclic) bond motifs is 1. The number of nitrogens with one attached hydrogen (secondary N) is 1. The lowest BCUT2D eigenvalue weighted by Crippen LogP contribution is -2.47. The number of rotatable bonds is 3. The molecule has 1 fully saturated rings. The summed E-state index contributed by atoms with van der Waals surface area (Å²) in [6.45, 7) is 5.28. The van der Waals surface area contributed by atoms with Crippen LogP contribution < -0.4 is 14.5 Å². The summed E-state index contributed by atoms with van der Waals surface area (Å²) >= 11 is 0. The summed E-state index contributed by atoms with van der Waals surface area (Å²) in [5, 5.41) is 8.09. The second-order valence-corrected chi connectivity index (χ2v) is 6.08. The highest BCUT2D eigenvalue weighted by Gasteiger charge is 2.22. The Kier molecular flexibility index (Phi) is 3.87. The van der Waals surface area contributed by atoms with Gasteiger partial charge in [-0.25, -0.2) is 14.4 Å². The number of H-pyrrole nitrogens is 1. The molecule has 0 amide bonds. The van der Waals surface area contributed by atoms with E-state index in [9.17, 15) is 4.39 Å². The van der Waals surface area contributed by atoms with Gasteiger partial charge in [0.1, 0.15) is 12.1 Å². The van der Waals surface area contributed by atoms with Gasteiger partial charge >= 0.3 is 0 Å². The Labute approximate surface area is 144 Å². The fraction of sp³-hybridized carbons (Fsp3) is 0.353. The number of aromatic nitrogens is 4. The lowest BCUT2D eigenvalue weighted by atomic mass is 10.2. The Bertz CT molecular complexity index is 903. The molecule has 1 saturated heterocycles. The molecule has 3 aromatic rings. The van der Waals surface area contributed by atoms with Gasteiger partial charge in [0.05, 0.1) is 12.6 Å². The van der Waals surface area contributed by atoms with Gasteiger partial charge in [-0.1, -0.05) is 0 Å². The van der Waals surface area contributed by atoms with Crippen molar-refractivity contribution < 1.29 is 9.13 Å². The Balaban J connectivity index is 1.60. The first-order valence-corrected chi connectivity index (χ1v) is 8.16. The van der Waals surface area contributed by atoms with Crippen molar-refractivity contribution in [3.63, 3.8) is 0 Å². The number of halogens is 1. The number of aryl methyl sites for hydroxylation is 1. The van der Waals surface area contributed by atoms with Gasteiger partial charge in [-0.3, -0.25) is 5.10 Å². The van der Waals surface area contributed by atoms with Gasteiger partial charge in [-0.2, -0.15) is 5.10 Å². The van der Waals surface area contributed by atoms with E-state index in [0.717, 1.165) is 48.9 Å². The summed E-state index contributed by atoms with van der Waals surface area (Å²) in [4.78, 5) is 13.0. The van der Waals surface area contributed by atoms with E-state index >= 15 is 0 Å². The van der Waals surface area contributed by atoms with Crippen LogP contribution in [0.2, 0.25) is 0 Å². The van der Waals surface area contributed by atoms with Crippen LogP contribution in [0.15, 0.2) is 24.5 Å². The van der Waals surface area contributed by atoms with E-state index in [0.29, 0.717) is 5.52 Å². The number of nitrogens with zero attached hydrogens (tertiary/aromatic N) is 5. The summed E-state index contributed by atoms with van der Waals surface area (Å²) in [5.74, 6) is 1.56. The van der Waals surface area contributed by atoms with Crippen molar-refractivity contribution in [3.05, 3.63) is 36.0 Å². The Morgan fingerprint density at radius 2 is 1.84 bits per heavy atom. The van der Waals surface area contributed by atoms with Gasteiger partial charge in [0.2, 0.25) is 0 Å². The normalized spacial score (nSPS) is 15.0. The number of ether oxygens (including phenoxy) is 1. The van der Waals surface area contributed by atoms with Gasteiger partial charge in [-0.05, 0) is 13.0 Å². The molecule has 0 radical (unpaired) electrons. The zero-order chi connectivity index (χ0) is 17.4. The lowest BCUT2D eigenvalue weighted by molar-refractivity contribution is 0.387. The van der Waals surface area contributed by atoms with Crippen LogP contribution in [0.5, 0.6) is 5.75 Å². The van der Waals surface area contributed by atoms with Crippen molar-refractivity contribution in [2.75, 3.05) is 43.1 Å². The number of hydrogen-bond donors (Lipinski definition) is 1. The highest BCUT2D eigenvalue weighted by molar-refractivity contribution is 5.90. The third-order valence-corrected chi connectivity index (χ3v) is 4.48. The molecule has 1 aromatic carbocycles. The molecular weight excluding hydrogens is 323 g/mol. The van der Waals surface area contributed by atoms with E-state index in [1.165, 1.54) is 19.5 Å². The molecule has 4 rings (SSSR count). The third kappa shape index (κ3) is 2.84. The molecule has 25 heavy (non-hydrogen) atoms. The maximum absolute atomic E-state index is 13.9. The van der Waals surface area contributed by atoms with Crippen molar-refractivity contribution in [2.45, 2.75) is 6.92 Å². The molecule has 3 heterocycles. The monoisotopic (exact) mass is 342 g/mol. The van der Waals surface area contributed by atoms with Crippen molar-refractivity contribution in [2.24, 2.45) is 0 Å². The number of hydrogen-bond acceptors (Lipinski definition) is 6. The molecule has 0 spiro atoms. The molecule has 0 saturated carbocycles. The molecule has 2 aromatic heterocycles. The van der Waals surface area contributed by atoms with Crippen LogP contribution in [0.4, 0.5) is 16.0 Å². The molecule has 0 atom stereocenters. The summed E-state index contributed by atoms with van der Waals surface area (Å²) in [7, 11) is 1.46. The van der Waals surface area contributed by atoms with Crippen LogP contribution in [-0.2, 0) is 0 Å².